The van der Waals surface area contributed by atoms with Crippen molar-refractivity contribution in [3.63, 3.8) is 0 Å². The molecule has 230 valence electrons. The summed E-state index contributed by atoms with van der Waals surface area (Å²) in [6.07, 6.45) is 13.0. The number of pyridine rings is 1. The van der Waals surface area contributed by atoms with Gasteiger partial charge in [-0.2, -0.15) is 0 Å². The van der Waals surface area contributed by atoms with Gasteiger partial charge in [-0.3, -0.25) is 4.79 Å². The highest BCUT2D eigenvalue weighted by atomic mass is 19.1. The summed E-state index contributed by atoms with van der Waals surface area (Å²) in [4.78, 5) is 20.0. The SMILES string of the molecule is COc1c(F)cc(C2(OC)CCCCC2)cc1[C@@H](C(=O)O)C1CCN(CCCCCc2ccc3c(n2)NCCC3)CC1. The fourth-order valence-electron chi connectivity index (χ4n) is 7.48. The van der Waals surface area contributed by atoms with Crippen molar-refractivity contribution < 1.29 is 23.8 Å². The number of piperidine rings is 1. The van der Waals surface area contributed by atoms with Crippen molar-refractivity contribution in [2.75, 3.05) is 45.7 Å². The number of nitrogens with one attached hydrogen (secondary N) is 1. The molecule has 0 unspecified atom stereocenters. The molecular formula is C34H48FN3O4. The zero-order valence-electron chi connectivity index (χ0n) is 25.4. The number of unbranched alkanes of at least 4 members (excludes halogenated alkanes) is 2. The molecule has 7 nitrogen and oxygen atoms in total. The van der Waals surface area contributed by atoms with Crippen LogP contribution in [-0.2, 0) is 28.0 Å². The minimum absolute atomic E-state index is 0.0554. The average molecular weight is 582 g/mol. The van der Waals surface area contributed by atoms with E-state index >= 15 is 4.39 Å². The second-order valence-electron chi connectivity index (χ2n) is 12.5. The van der Waals surface area contributed by atoms with Gasteiger partial charge in [-0.15, -0.1) is 0 Å². The summed E-state index contributed by atoms with van der Waals surface area (Å²) in [6.45, 7) is 3.75. The van der Waals surface area contributed by atoms with Gasteiger partial charge in [0.1, 0.15) is 5.82 Å². The summed E-state index contributed by atoms with van der Waals surface area (Å²) in [5, 5.41) is 13.8. The summed E-state index contributed by atoms with van der Waals surface area (Å²) >= 11 is 0. The summed E-state index contributed by atoms with van der Waals surface area (Å²) in [6, 6.07) is 7.77. The van der Waals surface area contributed by atoms with E-state index in [1.165, 1.54) is 30.9 Å². The number of fused-ring (bicyclic) bond motifs is 1. The first kappa shape index (κ1) is 30.7. The summed E-state index contributed by atoms with van der Waals surface area (Å²) in [7, 11) is 3.11. The van der Waals surface area contributed by atoms with Gasteiger partial charge >= 0.3 is 5.97 Å². The van der Waals surface area contributed by atoms with Crippen LogP contribution in [-0.4, -0.2) is 61.4 Å². The molecule has 1 aliphatic carbocycles. The molecule has 1 aromatic heterocycles. The highest BCUT2D eigenvalue weighted by Crippen LogP contribution is 2.45. The van der Waals surface area contributed by atoms with E-state index < -0.39 is 23.3 Å². The number of rotatable bonds is 12. The monoisotopic (exact) mass is 581 g/mol. The van der Waals surface area contributed by atoms with Crippen molar-refractivity contribution in [3.8, 4) is 5.75 Å². The van der Waals surface area contributed by atoms with Gasteiger partial charge < -0.3 is 24.8 Å². The lowest BCUT2D eigenvalue weighted by Gasteiger charge is -2.38. The van der Waals surface area contributed by atoms with Gasteiger partial charge in [0, 0.05) is 24.9 Å². The molecule has 2 N–H and O–H groups in total. The third-order valence-electron chi connectivity index (χ3n) is 9.92. The first-order valence-corrected chi connectivity index (χ1v) is 16.0. The van der Waals surface area contributed by atoms with Crippen LogP contribution in [0.15, 0.2) is 24.3 Å². The van der Waals surface area contributed by atoms with Crippen LogP contribution in [0.3, 0.4) is 0 Å². The number of benzene rings is 1. The first-order valence-electron chi connectivity index (χ1n) is 16.0. The Morgan fingerprint density at radius 1 is 1.12 bits per heavy atom. The van der Waals surface area contributed by atoms with Crippen LogP contribution in [0.25, 0.3) is 0 Å². The smallest absolute Gasteiger partial charge is 0.311 e. The van der Waals surface area contributed by atoms with Crippen molar-refractivity contribution in [1.29, 1.82) is 0 Å². The lowest BCUT2D eigenvalue weighted by molar-refractivity contribution is -0.140. The molecule has 2 aromatic rings. The minimum Gasteiger partial charge on any atom is -0.493 e. The molecule has 2 aliphatic heterocycles. The quantitative estimate of drug-likeness (QED) is 0.270. The molecule has 1 saturated heterocycles. The fourth-order valence-corrected chi connectivity index (χ4v) is 7.48. The summed E-state index contributed by atoms with van der Waals surface area (Å²) in [5.41, 5.74) is 3.12. The van der Waals surface area contributed by atoms with Gasteiger partial charge in [0.25, 0.3) is 0 Å². The van der Waals surface area contributed by atoms with Gasteiger partial charge in [0.2, 0.25) is 0 Å². The number of methoxy groups -OCH3 is 2. The van der Waals surface area contributed by atoms with Gasteiger partial charge in [0.15, 0.2) is 11.6 Å². The largest absolute Gasteiger partial charge is 0.493 e. The van der Waals surface area contributed by atoms with E-state index in [4.69, 9.17) is 14.5 Å². The molecule has 5 rings (SSSR count). The second kappa shape index (κ2) is 14.2. The molecule has 1 aromatic carbocycles. The van der Waals surface area contributed by atoms with Crippen LogP contribution >= 0.6 is 0 Å². The van der Waals surface area contributed by atoms with E-state index in [9.17, 15) is 9.90 Å². The minimum atomic E-state index is -0.913. The lowest BCUT2D eigenvalue weighted by atomic mass is 9.75. The molecule has 1 saturated carbocycles. The normalized spacial score (nSPS) is 20.0. The van der Waals surface area contributed by atoms with E-state index in [-0.39, 0.29) is 11.7 Å². The van der Waals surface area contributed by atoms with Crippen LogP contribution in [0.1, 0.15) is 98.9 Å². The van der Waals surface area contributed by atoms with Crippen LogP contribution in [0.5, 0.6) is 5.75 Å². The van der Waals surface area contributed by atoms with Crippen LogP contribution in [0, 0.1) is 11.7 Å². The Hall–Kier alpha value is -2.71. The maximum atomic E-state index is 15.4. The Morgan fingerprint density at radius 3 is 2.62 bits per heavy atom. The standard InChI is InChI=1S/C34H48FN3O4/c1-41-31-28(22-26(23-29(31)35)34(42-2)16-6-4-7-17-34)30(33(39)40)24-14-20-38(21-15-24)19-8-3-5-11-27-13-12-25-10-9-18-36-32(25)37-27/h12-13,22-24,30H,3-11,14-21H2,1-2H3,(H,36,37)(H,39,40)/t30-/m0/s1. The van der Waals surface area contributed by atoms with Gasteiger partial charge in [-0.1, -0.05) is 31.7 Å². The van der Waals surface area contributed by atoms with E-state index in [1.807, 2.05) is 6.07 Å². The number of halogens is 1. The number of aliphatic carboxylic acids is 1. The first-order chi connectivity index (χ1) is 20.4. The van der Waals surface area contributed by atoms with Crippen molar-refractivity contribution >= 4 is 11.8 Å². The number of carbonyl (C=O) groups is 1. The summed E-state index contributed by atoms with van der Waals surface area (Å²) in [5.74, 6) is -1.18. The lowest BCUT2D eigenvalue weighted by Crippen LogP contribution is -2.38. The van der Waals surface area contributed by atoms with Crippen LogP contribution in [0.4, 0.5) is 10.2 Å². The third kappa shape index (κ3) is 6.91. The Bertz CT molecular complexity index is 1210. The molecule has 2 fully saturated rings. The van der Waals surface area contributed by atoms with Crippen molar-refractivity contribution in [1.82, 2.24) is 9.88 Å². The average Bonchev–Trinajstić information content (AvgIpc) is 3.01. The van der Waals surface area contributed by atoms with Crippen molar-refractivity contribution in [2.45, 2.75) is 95.0 Å². The van der Waals surface area contributed by atoms with E-state index in [2.05, 4.69) is 22.3 Å². The molecular weight excluding hydrogens is 533 g/mol. The van der Waals surface area contributed by atoms with E-state index in [0.717, 1.165) is 115 Å². The number of ether oxygens (including phenoxy) is 2. The molecule has 3 heterocycles. The molecule has 0 bridgehead atoms. The van der Waals surface area contributed by atoms with E-state index in [0.29, 0.717) is 5.56 Å². The molecule has 1 atom stereocenters. The Kier molecular flexibility index (Phi) is 10.4. The zero-order valence-corrected chi connectivity index (χ0v) is 25.4. The fraction of sp³-hybridized carbons (Fsp3) is 0.647. The molecule has 0 amide bonds. The number of nitrogens with zero attached hydrogens (tertiary/aromatic N) is 2. The Balaban J connectivity index is 1.16. The number of carboxylic acids is 1. The van der Waals surface area contributed by atoms with Gasteiger partial charge in [-0.25, -0.2) is 9.37 Å². The second-order valence-corrected chi connectivity index (χ2v) is 12.5. The maximum Gasteiger partial charge on any atom is 0.311 e. The number of aryl methyl sites for hydroxylation is 2. The highest BCUT2D eigenvalue weighted by molar-refractivity contribution is 5.78. The summed E-state index contributed by atoms with van der Waals surface area (Å²) < 4.78 is 26.9. The van der Waals surface area contributed by atoms with E-state index in [1.54, 1.807) is 7.11 Å². The predicted octanol–water partition coefficient (Wildman–Crippen LogP) is 6.69. The number of carboxylic acid groups (broad SMARTS) is 1. The molecule has 3 aliphatic rings. The van der Waals surface area contributed by atoms with Crippen LogP contribution in [0.2, 0.25) is 0 Å². The van der Waals surface area contributed by atoms with Gasteiger partial charge in [-0.05, 0) is 113 Å². The molecule has 0 radical (unpaired) electrons. The Morgan fingerprint density at radius 2 is 1.90 bits per heavy atom. The number of anilines is 1. The number of hydrogen-bond acceptors (Lipinski definition) is 6. The number of aromatic nitrogens is 1. The topological polar surface area (TPSA) is 83.9 Å². The zero-order chi connectivity index (χ0) is 29.5. The van der Waals surface area contributed by atoms with Crippen molar-refractivity contribution in [2.24, 2.45) is 5.92 Å². The number of hydrogen-bond donors (Lipinski definition) is 2. The molecule has 8 heteroatoms. The maximum absolute atomic E-state index is 15.4. The van der Waals surface area contributed by atoms with Crippen LogP contribution < -0.4 is 10.1 Å². The highest BCUT2D eigenvalue weighted by Gasteiger charge is 2.39. The number of likely N-dealkylation sites (tertiary alicyclic amines) is 1. The van der Waals surface area contributed by atoms with Gasteiger partial charge in [0.05, 0.1) is 18.6 Å². The van der Waals surface area contributed by atoms with Crippen molar-refractivity contribution in [3.05, 3.63) is 52.5 Å². The Labute approximate surface area is 250 Å². The molecule has 42 heavy (non-hydrogen) atoms. The third-order valence-corrected chi connectivity index (χ3v) is 9.92. The molecule has 0 spiro atoms. The predicted molar refractivity (Wildman–Crippen MR) is 163 cm³/mol.